The molecule has 0 amide bonds. The first kappa shape index (κ1) is 22.3. The third-order valence-electron chi connectivity index (χ3n) is 2.78. The molecular weight excluding hydrogens is 403 g/mol. The molecule has 0 aliphatic heterocycles. The Labute approximate surface area is 150 Å². The number of phenolic OH excluding ortho intramolecular Hbond substituents is 1. The summed E-state index contributed by atoms with van der Waals surface area (Å²) < 4.78 is 95.4. The van der Waals surface area contributed by atoms with Crippen molar-refractivity contribution >= 4 is 10.1 Å². The van der Waals surface area contributed by atoms with Crippen LogP contribution in [0.5, 0.6) is 23.0 Å². The summed E-state index contributed by atoms with van der Waals surface area (Å²) in [5.74, 6) is -2.95. The number of alkyl halides is 3. The minimum atomic E-state index is -5.87. The minimum Gasteiger partial charge on any atom is -0.505 e. The van der Waals surface area contributed by atoms with Gasteiger partial charge in [-0.15, -0.1) is 0 Å². The van der Waals surface area contributed by atoms with Crippen LogP contribution in [0.2, 0.25) is 0 Å². The average molecular weight is 416 g/mol. The molecule has 27 heavy (non-hydrogen) atoms. The molecule has 0 aliphatic rings. The van der Waals surface area contributed by atoms with Gasteiger partial charge in [0, 0.05) is 12.1 Å². The second-order valence-electron chi connectivity index (χ2n) is 4.60. The van der Waals surface area contributed by atoms with E-state index in [0.29, 0.717) is 11.8 Å². The predicted molar refractivity (Wildman–Crippen MR) is 83.2 cm³/mol. The van der Waals surface area contributed by atoms with Crippen LogP contribution in [-0.4, -0.2) is 33.3 Å². The fraction of sp³-hybridized carbons (Fsp3) is 0.200. The van der Waals surface area contributed by atoms with Crippen molar-refractivity contribution in [2.24, 2.45) is 0 Å². The van der Waals surface area contributed by atoms with Crippen molar-refractivity contribution in [2.75, 3.05) is 14.2 Å². The Morgan fingerprint density at radius 2 is 1.37 bits per heavy atom. The van der Waals surface area contributed by atoms with Crippen molar-refractivity contribution in [1.29, 1.82) is 0 Å². The van der Waals surface area contributed by atoms with Gasteiger partial charge < -0.3 is 18.8 Å². The number of hydrogen-bond acceptors (Lipinski definition) is 6. The van der Waals surface area contributed by atoms with Crippen LogP contribution in [0.3, 0.4) is 0 Å². The van der Waals surface area contributed by atoms with Gasteiger partial charge in [0.2, 0.25) is 0 Å². The normalized spacial score (nSPS) is 11.2. The molecule has 0 atom stereocenters. The Morgan fingerprint density at radius 3 is 1.78 bits per heavy atom. The number of rotatable bonds is 4. The minimum absolute atomic E-state index is 0.0132. The lowest BCUT2D eigenvalue weighted by Crippen LogP contribution is -2.28. The smallest absolute Gasteiger partial charge is 0.505 e. The van der Waals surface area contributed by atoms with E-state index in [2.05, 4.69) is 8.92 Å². The molecule has 0 unspecified atom stereocenters. The Kier molecular flexibility index (Phi) is 7.22. The summed E-state index contributed by atoms with van der Waals surface area (Å²) in [5.41, 5.74) is -5.61. The van der Waals surface area contributed by atoms with Crippen molar-refractivity contribution in [3.63, 3.8) is 0 Å². The fourth-order valence-electron chi connectivity index (χ4n) is 1.46. The van der Waals surface area contributed by atoms with Crippen LogP contribution in [-0.2, 0) is 10.1 Å². The quantitative estimate of drug-likeness (QED) is 0.466. The maximum atomic E-state index is 13.1. The van der Waals surface area contributed by atoms with E-state index in [9.17, 15) is 30.4 Å². The Morgan fingerprint density at radius 1 is 0.889 bits per heavy atom. The molecular formula is C15H13F5O6S. The summed E-state index contributed by atoms with van der Waals surface area (Å²) in [5, 5.41) is 8.71. The lowest BCUT2D eigenvalue weighted by atomic mass is 10.3. The first-order chi connectivity index (χ1) is 12.4. The topological polar surface area (TPSA) is 82.1 Å². The molecule has 2 aromatic carbocycles. The molecule has 150 valence electrons. The fourth-order valence-corrected chi connectivity index (χ4v) is 1.92. The molecule has 0 bridgehead atoms. The van der Waals surface area contributed by atoms with Crippen LogP contribution in [0.4, 0.5) is 22.0 Å². The highest BCUT2D eigenvalue weighted by Gasteiger charge is 2.48. The van der Waals surface area contributed by atoms with E-state index in [1.54, 1.807) is 0 Å². The van der Waals surface area contributed by atoms with Crippen molar-refractivity contribution in [2.45, 2.75) is 5.51 Å². The first-order valence-electron chi connectivity index (χ1n) is 6.78. The third kappa shape index (κ3) is 6.16. The van der Waals surface area contributed by atoms with E-state index in [-0.39, 0.29) is 11.5 Å². The number of aromatic hydroxyl groups is 1. The summed E-state index contributed by atoms with van der Waals surface area (Å²) >= 11 is 0. The van der Waals surface area contributed by atoms with Gasteiger partial charge in [-0.1, -0.05) is 0 Å². The number of methoxy groups -OCH3 is 2. The largest absolute Gasteiger partial charge is 0.534 e. The molecule has 12 heteroatoms. The first-order valence-corrected chi connectivity index (χ1v) is 8.19. The Balaban J connectivity index is 0.000000309. The molecule has 0 radical (unpaired) electrons. The number of benzene rings is 2. The van der Waals surface area contributed by atoms with Gasteiger partial charge in [-0.25, -0.2) is 8.78 Å². The summed E-state index contributed by atoms with van der Waals surface area (Å²) in [7, 11) is -3.23. The zero-order chi connectivity index (χ0) is 20.8. The zero-order valence-corrected chi connectivity index (χ0v) is 14.6. The molecule has 1 N–H and O–H groups in total. The van der Waals surface area contributed by atoms with E-state index in [1.165, 1.54) is 26.4 Å². The molecule has 0 saturated carbocycles. The number of hydrogen-bond donors (Lipinski definition) is 1. The van der Waals surface area contributed by atoms with Gasteiger partial charge in [0.1, 0.15) is 11.5 Å². The van der Waals surface area contributed by atoms with Gasteiger partial charge in [0.15, 0.2) is 23.1 Å². The van der Waals surface area contributed by atoms with E-state index in [1.807, 2.05) is 0 Å². The number of ether oxygens (including phenoxy) is 2. The number of halogens is 5. The maximum absolute atomic E-state index is 13.1. The Hall–Kier alpha value is -2.76. The SMILES string of the molecule is COc1ccc(O)c(F)c1.COc1ccc(OS(=O)(=O)C(F)(F)F)c(F)c1. The van der Waals surface area contributed by atoms with Gasteiger partial charge >= 0.3 is 15.6 Å². The van der Waals surface area contributed by atoms with Crippen LogP contribution >= 0.6 is 0 Å². The third-order valence-corrected chi connectivity index (χ3v) is 3.74. The van der Waals surface area contributed by atoms with Crippen LogP contribution in [0.15, 0.2) is 36.4 Å². The molecule has 2 aromatic rings. The average Bonchev–Trinajstić information content (AvgIpc) is 2.58. The summed E-state index contributed by atoms with van der Waals surface area (Å²) in [6, 6.07) is 6.32. The maximum Gasteiger partial charge on any atom is 0.534 e. The van der Waals surface area contributed by atoms with Crippen molar-refractivity contribution < 1.29 is 49.1 Å². The van der Waals surface area contributed by atoms with Gasteiger partial charge in [-0.05, 0) is 24.3 Å². The summed E-state index contributed by atoms with van der Waals surface area (Å²) in [4.78, 5) is 0. The van der Waals surface area contributed by atoms with Gasteiger partial charge in [0.25, 0.3) is 0 Å². The molecule has 0 aliphatic carbocycles. The predicted octanol–water partition coefficient (Wildman–Crippen LogP) is 3.60. The monoisotopic (exact) mass is 416 g/mol. The molecule has 2 rings (SSSR count). The van der Waals surface area contributed by atoms with Crippen molar-refractivity contribution in [3.8, 4) is 23.0 Å². The molecule has 0 heterocycles. The zero-order valence-electron chi connectivity index (χ0n) is 13.8. The second-order valence-corrected chi connectivity index (χ2v) is 6.13. The van der Waals surface area contributed by atoms with Crippen molar-refractivity contribution in [1.82, 2.24) is 0 Å². The van der Waals surface area contributed by atoms with Crippen molar-refractivity contribution in [3.05, 3.63) is 48.0 Å². The van der Waals surface area contributed by atoms with E-state index >= 15 is 0 Å². The molecule has 0 fully saturated rings. The second kappa shape index (κ2) is 8.75. The summed E-state index contributed by atoms with van der Waals surface area (Å²) in [6.45, 7) is 0. The molecule has 0 saturated heterocycles. The van der Waals surface area contributed by atoms with Crippen LogP contribution in [0, 0.1) is 11.6 Å². The lowest BCUT2D eigenvalue weighted by Gasteiger charge is -2.10. The molecule has 6 nitrogen and oxygen atoms in total. The van der Waals surface area contributed by atoms with E-state index in [4.69, 9.17) is 9.84 Å². The van der Waals surface area contributed by atoms with Gasteiger partial charge in [-0.2, -0.15) is 21.6 Å². The number of phenols is 1. The van der Waals surface area contributed by atoms with Gasteiger partial charge in [0.05, 0.1) is 14.2 Å². The molecule has 0 aromatic heterocycles. The Bertz CT molecular complexity index is 883. The standard InChI is InChI=1S/C8H6F4O4S.C7H7FO2/c1-15-5-2-3-7(6(9)4-5)16-17(13,14)8(10,11)12;1-10-5-2-3-7(9)6(8)4-5/h2-4H,1H3;2-4,9H,1H3. The van der Waals surface area contributed by atoms with Crippen LogP contribution in [0.25, 0.3) is 0 Å². The summed E-state index contributed by atoms with van der Waals surface area (Å²) in [6.07, 6.45) is 0. The highest BCUT2D eigenvalue weighted by molar-refractivity contribution is 7.88. The highest BCUT2D eigenvalue weighted by Crippen LogP contribution is 2.29. The van der Waals surface area contributed by atoms with Crippen LogP contribution < -0.4 is 13.7 Å². The lowest BCUT2D eigenvalue weighted by molar-refractivity contribution is -0.0500. The van der Waals surface area contributed by atoms with Gasteiger partial charge in [-0.3, -0.25) is 0 Å². The van der Waals surface area contributed by atoms with E-state index in [0.717, 1.165) is 18.2 Å². The van der Waals surface area contributed by atoms with Crippen LogP contribution in [0.1, 0.15) is 0 Å². The highest BCUT2D eigenvalue weighted by atomic mass is 32.2. The van der Waals surface area contributed by atoms with E-state index < -0.39 is 33.0 Å². The molecule has 0 spiro atoms.